The number of nitrogens with one attached hydrogen (secondary N) is 1. The van der Waals surface area contributed by atoms with E-state index in [0.717, 1.165) is 24.4 Å². The van der Waals surface area contributed by atoms with Crippen LogP contribution in [0, 0.1) is 12.7 Å². The van der Waals surface area contributed by atoms with Gasteiger partial charge in [0.05, 0.1) is 10.4 Å². The number of aryl methyl sites for hydroxylation is 1. The zero-order valence-corrected chi connectivity index (χ0v) is 26.6. The lowest BCUT2D eigenvalue weighted by molar-refractivity contribution is -0.128. The van der Waals surface area contributed by atoms with Gasteiger partial charge in [0.2, 0.25) is 11.9 Å². The number of likely N-dealkylation sites (tertiary alicyclic amines) is 1. The predicted molar refractivity (Wildman–Crippen MR) is 178 cm³/mol. The quantitative estimate of drug-likeness (QED) is 0.221. The molecule has 0 bridgehead atoms. The average Bonchev–Trinajstić information content (AvgIpc) is 3.69. The first-order chi connectivity index (χ1) is 21.6. The fraction of sp³-hybridized carbons (Fsp3) is 0.394. The van der Waals surface area contributed by atoms with Crippen molar-refractivity contribution in [2.75, 3.05) is 48.7 Å². The van der Waals surface area contributed by atoms with E-state index < -0.39 is 5.82 Å². The highest BCUT2D eigenvalue weighted by molar-refractivity contribution is 6.35. The van der Waals surface area contributed by atoms with E-state index in [4.69, 9.17) is 31.8 Å². The van der Waals surface area contributed by atoms with E-state index in [0.29, 0.717) is 59.7 Å². The average molecular weight is 633 g/mol. The van der Waals surface area contributed by atoms with Gasteiger partial charge in [0, 0.05) is 73.4 Å². The zero-order valence-electron chi connectivity index (χ0n) is 25.9. The van der Waals surface area contributed by atoms with Gasteiger partial charge >= 0.3 is 0 Å². The molecular weight excluding hydrogens is 595 g/mol. The number of benzene rings is 2. The normalized spacial score (nSPS) is 18.6. The number of fused-ring (bicyclic) bond motifs is 2. The standard InChI is InChI=1S/C33H38ClFN8O2/c1-6-25(44)42-16-21(5)43(17-20(42)4)32-22-15-23(34)27(26-18(2)9-10-24-28(26)31(36)40-45-24)29(35)30(22)38-33(39-32)37-12-11-19(3)41-13-7-8-14-41/h6,9-10,15,20-21H,1,3,7-8,11-14,16-17H2,2,4-5H3,(H2,36,40)(H,37,38,39)/t20-,21+/m1/s1. The van der Waals surface area contributed by atoms with Gasteiger partial charge in [-0.1, -0.05) is 36.0 Å². The highest BCUT2D eigenvalue weighted by Crippen LogP contribution is 2.44. The van der Waals surface area contributed by atoms with Gasteiger partial charge < -0.3 is 30.3 Å². The molecule has 2 fully saturated rings. The summed E-state index contributed by atoms with van der Waals surface area (Å²) in [6.07, 6.45) is 4.38. The molecule has 0 aliphatic carbocycles. The van der Waals surface area contributed by atoms with Crippen molar-refractivity contribution < 1.29 is 13.7 Å². The summed E-state index contributed by atoms with van der Waals surface area (Å²) >= 11 is 6.91. The SMILES string of the molecule is C=CC(=O)N1C[C@H](C)N(c2nc(NCCC(=C)N3CCCC3)nc3c(F)c(-c4c(C)ccc5onc(N)c45)c(Cl)cc23)C[C@H]1C. The minimum Gasteiger partial charge on any atom is -0.380 e. The maximum absolute atomic E-state index is 16.9. The van der Waals surface area contributed by atoms with Crippen LogP contribution in [-0.2, 0) is 4.79 Å². The number of carbonyl (C=O) groups excluding carboxylic acids is 1. The van der Waals surface area contributed by atoms with Gasteiger partial charge in [-0.2, -0.15) is 4.98 Å². The van der Waals surface area contributed by atoms with Crippen LogP contribution >= 0.6 is 11.6 Å². The molecule has 2 aromatic carbocycles. The van der Waals surface area contributed by atoms with Gasteiger partial charge in [0.25, 0.3) is 0 Å². The van der Waals surface area contributed by atoms with Gasteiger partial charge in [0.15, 0.2) is 17.2 Å². The minimum atomic E-state index is -0.594. The van der Waals surface area contributed by atoms with Crippen LogP contribution in [0.4, 0.5) is 22.0 Å². The second kappa shape index (κ2) is 12.2. The minimum absolute atomic E-state index is 0.121. The summed E-state index contributed by atoms with van der Waals surface area (Å²) in [5, 5.41) is 8.37. The first-order valence-corrected chi connectivity index (χ1v) is 15.7. The smallest absolute Gasteiger partial charge is 0.246 e. The molecule has 0 spiro atoms. The molecule has 0 unspecified atom stereocenters. The predicted octanol–water partition coefficient (Wildman–Crippen LogP) is 6.14. The van der Waals surface area contributed by atoms with Crippen molar-refractivity contribution in [1.29, 1.82) is 0 Å². The van der Waals surface area contributed by atoms with E-state index in [-0.39, 0.29) is 39.9 Å². The lowest BCUT2D eigenvalue weighted by atomic mass is 9.94. The Hall–Kier alpha value is -4.38. The molecule has 2 aromatic heterocycles. The molecule has 1 amide bonds. The van der Waals surface area contributed by atoms with Crippen molar-refractivity contribution in [3.05, 3.63) is 59.5 Å². The summed E-state index contributed by atoms with van der Waals surface area (Å²) in [4.78, 5) is 28.3. The second-order valence-corrected chi connectivity index (χ2v) is 12.4. The van der Waals surface area contributed by atoms with E-state index >= 15 is 4.39 Å². The molecule has 6 rings (SSSR count). The summed E-state index contributed by atoms with van der Waals surface area (Å²) in [5.74, 6) is 0.264. The number of carbonyl (C=O) groups is 1. The van der Waals surface area contributed by atoms with E-state index in [1.165, 1.54) is 18.9 Å². The highest BCUT2D eigenvalue weighted by Gasteiger charge is 2.34. The Morgan fingerprint density at radius 2 is 1.96 bits per heavy atom. The first-order valence-electron chi connectivity index (χ1n) is 15.3. The Morgan fingerprint density at radius 1 is 1.20 bits per heavy atom. The first kappa shape index (κ1) is 30.6. The van der Waals surface area contributed by atoms with Gasteiger partial charge in [-0.05, 0) is 57.4 Å². The summed E-state index contributed by atoms with van der Waals surface area (Å²) in [5.41, 5.74) is 9.23. The number of rotatable bonds is 8. The third-order valence-electron chi connectivity index (χ3n) is 8.95. The van der Waals surface area contributed by atoms with Crippen LogP contribution in [0.3, 0.4) is 0 Å². The van der Waals surface area contributed by atoms with Crippen LogP contribution in [0.2, 0.25) is 5.02 Å². The number of anilines is 3. The second-order valence-electron chi connectivity index (χ2n) is 12.0. The van der Waals surface area contributed by atoms with Gasteiger partial charge in [-0.15, -0.1) is 0 Å². The zero-order chi connectivity index (χ0) is 32.0. The maximum Gasteiger partial charge on any atom is 0.246 e. The van der Waals surface area contributed by atoms with E-state index in [1.54, 1.807) is 17.0 Å². The number of nitrogen functional groups attached to an aromatic ring is 1. The third-order valence-corrected chi connectivity index (χ3v) is 9.25. The Bertz CT molecular complexity index is 1820. The molecule has 45 heavy (non-hydrogen) atoms. The van der Waals surface area contributed by atoms with Crippen molar-refractivity contribution in [3.8, 4) is 11.1 Å². The van der Waals surface area contributed by atoms with Gasteiger partial charge in [0.1, 0.15) is 11.3 Å². The molecule has 2 atom stereocenters. The van der Waals surface area contributed by atoms with Crippen molar-refractivity contribution >= 4 is 57.0 Å². The van der Waals surface area contributed by atoms with E-state index in [9.17, 15) is 4.79 Å². The molecule has 4 aromatic rings. The summed E-state index contributed by atoms with van der Waals surface area (Å²) in [6.45, 7) is 17.3. The summed E-state index contributed by atoms with van der Waals surface area (Å²) in [7, 11) is 0. The van der Waals surface area contributed by atoms with Crippen molar-refractivity contribution in [1.82, 2.24) is 24.9 Å². The van der Waals surface area contributed by atoms with Crippen LogP contribution in [0.1, 0.15) is 38.7 Å². The summed E-state index contributed by atoms with van der Waals surface area (Å²) < 4.78 is 22.3. The van der Waals surface area contributed by atoms with Crippen LogP contribution < -0.4 is 16.0 Å². The van der Waals surface area contributed by atoms with E-state index in [1.807, 2.05) is 26.8 Å². The molecule has 4 heterocycles. The number of halogens is 2. The van der Waals surface area contributed by atoms with Gasteiger partial charge in [-0.3, -0.25) is 4.79 Å². The van der Waals surface area contributed by atoms with Crippen molar-refractivity contribution in [3.63, 3.8) is 0 Å². The largest absolute Gasteiger partial charge is 0.380 e. The van der Waals surface area contributed by atoms with Crippen LogP contribution in [0.5, 0.6) is 0 Å². The Labute approximate surface area is 266 Å². The highest BCUT2D eigenvalue weighted by atomic mass is 35.5. The molecule has 2 aliphatic rings. The van der Waals surface area contributed by atoms with Gasteiger partial charge in [-0.25, -0.2) is 9.37 Å². The number of nitrogens with two attached hydrogens (primary N) is 1. The summed E-state index contributed by atoms with van der Waals surface area (Å²) in [6, 6.07) is 5.03. The molecule has 0 radical (unpaired) electrons. The topological polar surface area (TPSA) is 117 Å². The lowest BCUT2D eigenvalue weighted by Crippen LogP contribution is -2.58. The molecule has 10 nitrogen and oxygen atoms in total. The Kier molecular flexibility index (Phi) is 8.30. The van der Waals surface area contributed by atoms with E-state index in [2.05, 4.69) is 33.4 Å². The number of nitrogens with zero attached hydrogens (tertiary/aromatic N) is 6. The monoisotopic (exact) mass is 632 g/mol. The molecule has 236 valence electrons. The molecule has 0 saturated carbocycles. The lowest BCUT2D eigenvalue weighted by Gasteiger charge is -2.44. The van der Waals surface area contributed by atoms with Crippen LogP contribution in [0.25, 0.3) is 33.0 Å². The third kappa shape index (κ3) is 5.54. The Balaban J connectivity index is 1.46. The number of amides is 1. The molecule has 2 aliphatic heterocycles. The van der Waals surface area contributed by atoms with Crippen molar-refractivity contribution in [2.45, 2.75) is 52.1 Å². The number of hydrogen-bond donors (Lipinski definition) is 2. The van der Waals surface area contributed by atoms with Crippen molar-refractivity contribution in [2.24, 2.45) is 0 Å². The number of hydrogen-bond acceptors (Lipinski definition) is 9. The fourth-order valence-electron chi connectivity index (χ4n) is 6.55. The van der Waals surface area contributed by atoms with Crippen LogP contribution in [-0.4, -0.2) is 75.6 Å². The molecule has 2 saturated heterocycles. The Morgan fingerprint density at radius 3 is 2.69 bits per heavy atom. The molecule has 3 N–H and O–H groups in total. The van der Waals surface area contributed by atoms with Crippen LogP contribution in [0.15, 0.2) is 47.7 Å². The number of piperazine rings is 1. The fourth-order valence-corrected chi connectivity index (χ4v) is 6.83. The molecular formula is C33H38ClFN8O2. The molecule has 12 heteroatoms. The maximum atomic E-state index is 16.9. The number of aromatic nitrogens is 3.